The van der Waals surface area contributed by atoms with Crippen molar-refractivity contribution in [2.75, 3.05) is 13.3 Å². The van der Waals surface area contributed by atoms with Gasteiger partial charge in [0.05, 0.1) is 12.0 Å². The van der Waals surface area contributed by atoms with Crippen LogP contribution in [0.1, 0.15) is 12.5 Å². The van der Waals surface area contributed by atoms with E-state index >= 15 is 0 Å². The highest BCUT2D eigenvalue weighted by atomic mass is 31.2. The largest absolute Gasteiger partial charge is 0.497 e. The Morgan fingerprint density at radius 3 is 2.42 bits per heavy atom. The van der Waals surface area contributed by atoms with Crippen LogP contribution in [0.4, 0.5) is 5.69 Å². The zero-order valence-corrected chi connectivity index (χ0v) is 14.4. The second kappa shape index (κ2) is 7.03. The standard InChI is InChI=1S/C16H18NO6P/c1-4-24(20,21)16-10-13(5-7-14(16)17(18)19)23-15-8-6-12(22-3)9-11(15)2/h5-10H,4H2,1-3H3,(H,20,21). The summed E-state index contributed by atoms with van der Waals surface area (Å²) < 4.78 is 23.1. The first-order chi connectivity index (χ1) is 11.3. The normalized spacial score (nSPS) is 13.2. The number of nitro groups is 1. The summed E-state index contributed by atoms with van der Waals surface area (Å²) in [6.07, 6.45) is -0.0984. The summed E-state index contributed by atoms with van der Waals surface area (Å²) in [4.78, 5) is 20.4. The molecule has 0 bridgehead atoms. The van der Waals surface area contributed by atoms with E-state index in [1.54, 1.807) is 25.3 Å². The van der Waals surface area contributed by atoms with Crippen LogP contribution in [0.25, 0.3) is 0 Å². The van der Waals surface area contributed by atoms with Crippen molar-refractivity contribution in [2.45, 2.75) is 13.8 Å². The number of methoxy groups -OCH3 is 1. The first-order valence-corrected chi connectivity index (χ1v) is 9.06. The molecule has 7 nitrogen and oxygen atoms in total. The average molecular weight is 351 g/mol. The SMILES string of the molecule is CCP(=O)(O)c1cc(Oc2ccc(OC)cc2C)ccc1[N+](=O)[O-]. The summed E-state index contributed by atoms with van der Waals surface area (Å²) in [5.74, 6) is 1.46. The first-order valence-electron chi connectivity index (χ1n) is 7.21. The molecule has 0 aliphatic carbocycles. The van der Waals surface area contributed by atoms with Crippen LogP contribution in [0, 0.1) is 17.0 Å². The van der Waals surface area contributed by atoms with Crippen molar-refractivity contribution in [3.05, 3.63) is 52.1 Å². The summed E-state index contributed by atoms with van der Waals surface area (Å²) in [5.41, 5.74) is 0.415. The summed E-state index contributed by atoms with van der Waals surface area (Å²) in [6, 6.07) is 9.05. The summed E-state index contributed by atoms with van der Waals surface area (Å²) in [5, 5.41) is 10.9. The summed E-state index contributed by atoms with van der Waals surface area (Å²) in [6.45, 7) is 3.33. The van der Waals surface area contributed by atoms with Crippen LogP contribution < -0.4 is 14.8 Å². The van der Waals surface area contributed by atoms with Gasteiger partial charge in [0, 0.05) is 18.3 Å². The Balaban J connectivity index is 2.44. The zero-order valence-electron chi connectivity index (χ0n) is 13.6. The van der Waals surface area contributed by atoms with E-state index in [2.05, 4.69) is 0 Å². The number of rotatable bonds is 6. The van der Waals surface area contributed by atoms with Crippen LogP contribution in [-0.2, 0) is 4.57 Å². The molecule has 8 heteroatoms. The molecule has 128 valence electrons. The van der Waals surface area contributed by atoms with E-state index in [1.165, 1.54) is 25.1 Å². The lowest BCUT2D eigenvalue weighted by molar-refractivity contribution is -0.383. The Morgan fingerprint density at radius 1 is 1.21 bits per heavy atom. The fourth-order valence-corrected chi connectivity index (χ4v) is 3.35. The molecule has 0 heterocycles. The van der Waals surface area contributed by atoms with Gasteiger partial charge >= 0.3 is 0 Å². The van der Waals surface area contributed by atoms with Gasteiger partial charge in [-0.25, -0.2) is 0 Å². The third kappa shape index (κ3) is 3.75. The van der Waals surface area contributed by atoms with Gasteiger partial charge in [-0.15, -0.1) is 0 Å². The fraction of sp³-hybridized carbons (Fsp3) is 0.250. The second-order valence-electron chi connectivity index (χ2n) is 5.16. The molecule has 0 amide bonds. The lowest BCUT2D eigenvalue weighted by atomic mass is 10.2. The highest BCUT2D eigenvalue weighted by Crippen LogP contribution is 2.43. The number of benzene rings is 2. The molecular formula is C16H18NO6P. The van der Waals surface area contributed by atoms with E-state index in [0.29, 0.717) is 11.5 Å². The fourth-order valence-electron chi connectivity index (χ4n) is 2.16. The molecule has 1 N–H and O–H groups in total. The first kappa shape index (κ1) is 18.0. The monoisotopic (exact) mass is 351 g/mol. The molecule has 0 saturated heterocycles. The molecule has 0 aliphatic heterocycles. The molecule has 0 fully saturated rings. The highest BCUT2D eigenvalue weighted by Gasteiger charge is 2.29. The molecule has 0 aromatic heterocycles. The predicted octanol–water partition coefficient (Wildman–Crippen LogP) is 3.62. The lowest BCUT2D eigenvalue weighted by Crippen LogP contribution is -2.12. The van der Waals surface area contributed by atoms with Crippen molar-refractivity contribution in [2.24, 2.45) is 0 Å². The number of nitrogens with zero attached hydrogens (tertiary/aromatic N) is 1. The maximum Gasteiger partial charge on any atom is 0.282 e. The van der Waals surface area contributed by atoms with Crippen molar-refractivity contribution in [3.8, 4) is 17.2 Å². The van der Waals surface area contributed by atoms with Crippen LogP contribution in [0.15, 0.2) is 36.4 Å². The number of hydrogen-bond acceptors (Lipinski definition) is 5. The molecule has 0 aliphatic rings. The number of hydrogen-bond donors (Lipinski definition) is 1. The van der Waals surface area contributed by atoms with E-state index < -0.39 is 12.3 Å². The molecule has 2 rings (SSSR count). The smallest absolute Gasteiger partial charge is 0.282 e. The van der Waals surface area contributed by atoms with E-state index in [9.17, 15) is 19.6 Å². The minimum atomic E-state index is -3.82. The van der Waals surface area contributed by atoms with Gasteiger partial charge in [0.15, 0.2) is 0 Å². The van der Waals surface area contributed by atoms with Crippen molar-refractivity contribution < 1.29 is 23.9 Å². The average Bonchev–Trinajstić information content (AvgIpc) is 2.56. The third-order valence-electron chi connectivity index (χ3n) is 3.56. The van der Waals surface area contributed by atoms with Gasteiger partial charge in [-0.3, -0.25) is 14.7 Å². The van der Waals surface area contributed by atoms with Gasteiger partial charge in [-0.1, -0.05) is 6.92 Å². The minimum absolute atomic E-state index is 0.0984. The van der Waals surface area contributed by atoms with Crippen molar-refractivity contribution >= 4 is 18.4 Å². The molecule has 2 aromatic rings. The summed E-state index contributed by atoms with van der Waals surface area (Å²) >= 11 is 0. The van der Waals surface area contributed by atoms with Crippen molar-refractivity contribution in [1.82, 2.24) is 0 Å². The topological polar surface area (TPSA) is 98.9 Å². The molecule has 1 atom stereocenters. The molecule has 0 saturated carbocycles. The second-order valence-corrected chi connectivity index (χ2v) is 7.68. The Labute approximate surface area is 139 Å². The van der Waals surface area contributed by atoms with E-state index in [1.807, 2.05) is 6.92 Å². The Morgan fingerprint density at radius 2 is 1.88 bits per heavy atom. The van der Waals surface area contributed by atoms with Crippen molar-refractivity contribution in [3.63, 3.8) is 0 Å². The van der Waals surface area contributed by atoms with Crippen LogP contribution >= 0.6 is 7.37 Å². The quantitative estimate of drug-likeness (QED) is 0.485. The van der Waals surface area contributed by atoms with Crippen molar-refractivity contribution in [1.29, 1.82) is 0 Å². The zero-order chi connectivity index (χ0) is 17.9. The molecule has 0 spiro atoms. The lowest BCUT2D eigenvalue weighted by Gasteiger charge is -2.13. The van der Waals surface area contributed by atoms with Crippen LogP contribution in [0.5, 0.6) is 17.2 Å². The Hall–Kier alpha value is -2.37. The molecule has 0 radical (unpaired) electrons. The molecule has 24 heavy (non-hydrogen) atoms. The van der Waals surface area contributed by atoms with Gasteiger partial charge in [0.1, 0.15) is 22.6 Å². The van der Waals surface area contributed by atoms with Gasteiger partial charge < -0.3 is 14.4 Å². The Bertz CT molecular complexity index is 820. The summed E-state index contributed by atoms with van der Waals surface area (Å²) in [7, 11) is -2.26. The Kier molecular flexibility index (Phi) is 5.26. The number of nitro benzene ring substituents is 1. The van der Waals surface area contributed by atoms with Gasteiger partial charge in [0.25, 0.3) is 5.69 Å². The van der Waals surface area contributed by atoms with Crippen LogP contribution in [-0.4, -0.2) is 23.1 Å². The maximum atomic E-state index is 12.2. The number of ether oxygens (including phenoxy) is 2. The van der Waals surface area contributed by atoms with Gasteiger partial charge in [-0.2, -0.15) is 0 Å². The van der Waals surface area contributed by atoms with E-state index in [4.69, 9.17) is 9.47 Å². The molecular weight excluding hydrogens is 333 g/mol. The van der Waals surface area contributed by atoms with Crippen LogP contribution in [0.3, 0.4) is 0 Å². The van der Waals surface area contributed by atoms with E-state index in [0.717, 1.165) is 5.56 Å². The van der Waals surface area contributed by atoms with Gasteiger partial charge in [0.2, 0.25) is 7.37 Å². The number of aryl methyl sites for hydroxylation is 1. The van der Waals surface area contributed by atoms with E-state index in [-0.39, 0.29) is 22.9 Å². The molecule has 1 unspecified atom stereocenters. The highest BCUT2D eigenvalue weighted by molar-refractivity contribution is 7.66. The maximum absolute atomic E-state index is 12.2. The van der Waals surface area contributed by atoms with Gasteiger partial charge in [-0.05, 0) is 36.8 Å². The predicted molar refractivity (Wildman–Crippen MR) is 90.9 cm³/mol. The minimum Gasteiger partial charge on any atom is -0.497 e. The third-order valence-corrected chi connectivity index (χ3v) is 5.53. The van der Waals surface area contributed by atoms with Crippen LogP contribution in [0.2, 0.25) is 0 Å². The molecule has 2 aromatic carbocycles.